The van der Waals surface area contributed by atoms with E-state index >= 15 is 0 Å². The zero-order valence-corrected chi connectivity index (χ0v) is 12.4. The van der Waals surface area contributed by atoms with E-state index in [2.05, 4.69) is 47.4 Å². The van der Waals surface area contributed by atoms with Gasteiger partial charge in [-0.3, -0.25) is 0 Å². The minimum atomic E-state index is 0.748. The van der Waals surface area contributed by atoms with Crippen LogP contribution >= 0.6 is 0 Å². The van der Waals surface area contributed by atoms with Gasteiger partial charge in [0.15, 0.2) is 0 Å². The van der Waals surface area contributed by atoms with Crippen LogP contribution < -0.4 is 0 Å². The number of hydrogen-bond donors (Lipinski definition) is 0. The van der Waals surface area contributed by atoms with Crippen LogP contribution in [0.5, 0.6) is 0 Å². The summed E-state index contributed by atoms with van der Waals surface area (Å²) in [6.07, 6.45) is 13.4. The van der Waals surface area contributed by atoms with Crippen LogP contribution in [-0.4, -0.2) is 9.38 Å². The second-order valence-electron chi connectivity index (χ2n) is 6.04. The highest BCUT2D eigenvalue weighted by molar-refractivity contribution is 5.62. The molecule has 2 heterocycles. The molecule has 1 aliphatic rings. The maximum atomic E-state index is 4.68. The summed E-state index contributed by atoms with van der Waals surface area (Å²) in [7, 11) is 0. The molecule has 1 saturated carbocycles. The second kappa shape index (κ2) is 5.82. The van der Waals surface area contributed by atoms with Crippen molar-refractivity contribution >= 4 is 11.2 Å². The predicted molar refractivity (Wildman–Crippen MR) is 85.0 cm³/mol. The molecule has 0 amide bonds. The van der Waals surface area contributed by atoms with E-state index in [1.165, 1.54) is 37.7 Å². The summed E-state index contributed by atoms with van der Waals surface area (Å²) in [6.45, 7) is 6.33. The molecule has 0 unspecified atom stereocenters. The van der Waals surface area contributed by atoms with Crippen molar-refractivity contribution in [3.63, 3.8) is 0 Å². The van der Waals surface area contributed by atoms with Gasteiger partial charge in [0.1, 0.15) is 5.65 Å². The van der Waals surface area contributed by atoms with Gasteiger partial charge in [0.25, 0.3) is 0 Å². The van der Waals surface area contributed by atoms with Crippen molar-refractivity contribution in [1.29, 1.82) is 0 Å². The molecule has 0 saturated heterocycles. The van der Waals surface area contributed by atoms with Crippen molar-refractivity contribution in [3.05, 3.63) is 42.4 Å². The van der Waals surface area contributed by atoms with E-state index in [1.54, 1.807) is 0 Å². The normalized spacial score (nSPS) is 16.6. The number of hydrogen-bond acceptors (Lipinski definition) is 1. The summed E-state index contributed by atoms with van der Waals surface area (Å²) in [4.78, 5) is 4.68. The SMILES string of the molecule is C=C(CCC)c1cn2cc(C3CCCCC3)ccc2n1. The fourth-order valence-corrected chi connectivity index (χ4v) is 3.29. The van der Waals surface area contributed by atoms with Crippen molar-refractivity contribution in [2.45, 2.75) is 57.8 Å². The third kappa shape index (κ3) is 2.65. The highest BCUT2D eigenvalue weighted by Gasteiger charge is 2.16. The summed E-state index contributed by atoms with van der Waals surface area (Å²) in [6, 6.07) is 4.43. The average Bonchev–Trinajstić information content (AvgIpc) is 2.91. The number of aromatic nitrogens is 2. The molecule has 0 spiro atoms. The number of allylic oxidation sites excluding steroid dienone is 1. The standard InChI is InChI=1S/C18H24N2/c1-3-7-14(2)17-13-20-12-16(10-11-18(20)19-17)15-8-5-4-6-9-15/h10-13,15H,2-9H2,1H3. The van der Waals surface area contributed by atoms with Gasteiger partial charge in [-0.15, -0.1) is 0 Å². The van der Waals surface area contributed by atoms with Crippen molar-refractivity contribution in [2.75, 3.05) is 0 Å². The van der Waals surface area contributed by atoms with Crippen LogP contribution in [-0.2, 0) is 0 Å². The van der Waals surface area contributed by atoms with Gasteiger partial charge >= 0.3 is 0 Å². The topological polar surface area (TPSA) is 17.3 Å². The van der Waals surface area contributed by atoms with Crippen molar-refractivity contribution in [1.82, 2.24) is 9.38 Å². The van der Waals surface area contributed by atoms with Gasteiger partial charge in [-0.1, -0.05) is 45.3 Å². The second-order valence-corrected chi connectivity index (χ2v) is 6.04. The molecule has 0 atom stereocenters. The molecule has 2 nitrogen and oxygen atoms in total. The first-order chi connectivity index (χ1) is 9.78. The summed E-state index contributed by atoms with van der Waals surface area (Å²) >= 11 is 0. The Morgan fingerprint density at radius 2 is 2.05 bits per heavy atom. The average molecular weight is 268 g/mol. The van der Waals surface area contributed by atoms with E-state index in [1.807, 2.05) is 0 Å². The molecule has 106 valence electrons. The Kier molecular flexibility index (Phi) is 3.90. The first-order valence-electron chi connectivity index (χ1n) is 7.94. The lowest BCUT2D eigenvalue weighted by Crippen LogP contribution is -2.05. The lowest BCUT2D eigenvalue weighted by Gasteiger charge is -2.21. The largest absolute Gasteiger partial charge is 0.306 e. The molecule has 0 aromatic carbocycles. The Morgan fingerprint density at radius 1 is 1.25 bits per heavy atom. The van der Waals surface area contributed by atoms with Gasteiger partial charge in [0, 0.05) is 12.4 Å². The Morgan fingerprint density at radius 3 is 2.80 bits per heavy atom. The molecule has 2 aromatic heterocycles. The third-order valence-electron chi connectivity index (χ3n) is 4.46. The Bertz CT molecular complexity index is 603. The van der Waals surface area contributed by atoms with E-state index in [-0.39, 0.29) is 0 Å². The molecule has 0 radical (unpaired) electrons. The molecule has 0 aliphatic heterocycles. The minimum Gasteiger partial charge on any atom is -0.306 e. The van der Waals surface area contributed by atoms with Crippen LogP contribution in [0, 0.1) is 0 Å². The predicted octanol–water partition coefficient (Wildman–Crippen LogP) is 5.20. The van der Waals surface area contributed by atoms with Crippen LogP contribution in [0.4, 0.5) is 0 Å². The molecule has 1 fully saturated rings. The van der Waals surface area contributed by atoms with Gasteiger partial charge in [-0.25, -0.2) is 4.98 Å². The fourth-order valence-electron chi connectivity index (χ4n) is 3.29. The Hall–Kier alpha value is -1.57. The van der Waals surface area contributed by atoms with Crippen molar-refractivity contribution in [2.24, 2.45) is 0 Å². The number of pyridine rings is 1. The smallest absolute Gasteiger partial charge is 0.137 e. The van der Waals surface area contributed by atoms with Gasteiger partial charge in [-0.2, -0.15) is 0 Å². The third-order valence-corrected chi connectivity index (χ3v) is 4.46. The monoisotopic (exact) mass is 268 g/mol. The Balaban J connectivity index is 1.88. The van der Waals surface area contributed by atoms with E-state index in [0.717, 1.165) is 35.7 Å². The summed E-state index contributed by atoms with van der Waals surface area (Å²) in [5.41, 5.74) is 4.71. The number of rotatable bonds is 4. The van der Waals surface area contributed by atoms with Crippen LogP contribution in [0.3, 0.4) is 0 Å². The molecule has 3 rings (SSSR count). The van der Waals surface area contributed by atoms with Crippen molar-refractivity contribution in [3.8, 4) is 0 Å². The molecule has 20 heavy (non-hydrogen) atoms. The van der Waals surface area contributed by atoms with E-state index in [9.17, 15) is 0 Å². The number of imidazole rings is 1. The minimum absolute atomic E-state index is 0.748. The summed E-state index contributed by atoms with van der Waals surface area (Å²) < 4.78 is 2.18. The lowest BCUT2D eigenvalue weighted by molar-refractivity contribution is 0.442. The molecule has 2 aromatic rings. The van der Waals surface area contributed by atoms with Crippen LogP contribution in [0.2, 0.25) is 0 Å². The Labute approximate surface area is 121 Å². The molecular formula is C18H24N2. The quantitative estimate of drug-likeness (QED) is 0.745. The summed E-state index contributed by atoms with van der Waals surface area (Å²) in [5.74, 6) is 0.748. The van der Waals surface area contributed by atoms with Crippen LogP contribution in [0.15, 0.2) is 31.1 Å². The van der Waals surface area contributed by atoms with Crippen LogP contribution in [0.25, 0.3) is 11.2 Å². The van der Waals surface area contributed by atoms with Gasteiger partial charge in [-0.05, 0) is 42.4 Å². The van der Waals surface area contributed by atoms with Crippen molar-refractivity contribution < 1.29 is 0 Å². The van der Waals surface area contributed by atoms with E-state index < -0.39 is 0 Å². The zero-order valence-electron chi connectivity index (χ0n) is 12.4. The number of fused-ring (bicyclic) bond motifs is 1. The van der Waals surface area contributed by atoms with Gasteiger partial charge in [0.2, 0.25) is 0 Å². The molecule has 1 aliphatic carbocycles. The first kappa shape index (κ1) is 13.4. The highest BCUT2D eigenvalue weighted by Crippen LogP contribution is 2.32. The molecule has 0 N–H and O–H groups in total. The lowest BCUT2D eigenvalue weighted by atomic mass is 9.85. The highest BCUT2D eigenvalue weighted by atomic mass is 15.0. The maximum absolute atomic E-state index is 4.68. The molecule has 0 bridgehead atoms. The fraction of sp³-hybridized carbons (Fsp3) is 0.500. The first-order valence-corrected chi connectivity index (χ1v) is 7.94. The van der Waals surface area contributed by atoms with E-state index in [0.29, 0.717) is 0 Å². The van der Waals surface area contributed by atoms with Gasteiger partial charge < -0.3 is 4.40 Å². The maximum Gasteiger partial charge on any atom is 0.137 e. The zero-order chi connectivity index (χ0) is 13.9. The molecular weight excluding hydrogens is 244 g/mol. The van der Waals surface area contributed by atoms with E-state index in [4.69, 9.17) is 0 Å². The summed E-state index contributed by atoms with van der Waals surface area (Å²) in [5, 5.41) is 0. The van der Waals surface area contributed by atoms with Gasteiger partial charge in [0.05, 0.1) is 5.69 Å². The van der Waals surface area contributed by atoms with Crippen LogP contribution in [0.1, 0.15) is 69.0 Å². The number of nitrogens with zero attached hydrogens (tertiary/aromatic N) is 2. The molecule has 2 heteroatoms.